The maximum Gasteiger partial charge on any atom is 0.285 e. The molecule has 0 aliphatic carbocycles. The zero-order valence-electron chi connectivity index (χ0n) is 9.58. The topological polar surface area (TPSA) is 3.24 Å². The summed E-state index contributed by atoms with van der Waals surface area (Å²) < 4.78 is 28.1. The van der Waals surface area contributed by atoms with Gasteiger partial charge in [0.25, 0.3) is 5.92 Å². The number of alkyl halides is 3. The molecule has 1 nitrogen and oxygen atoms in total. The van der Waals surface area contributed by atoms with Gasteiger partial charge >= 0.3 is 0 Å². The van der Waals surface area contributed by atoms with Crippen LogP contribution < -0.4 is 0 Å². The molecule has 1 fully saturated rings. The Morgan fingerprint density at radius 3 is 2.65 bits per heavy atom. The van der Waals surface area contributed by atoms with Crippen LogP contribution in [0.25, 0.3) is 0 Å². The molecule has 1 aliphatic rings. The smallest absolute Gasteiger partial charge is 0.285 e. The second kappa shape index (κ2) is 5.32. The van der Waals surface area contributed by atoms with Crippen molar-refractivity contribution in [1.82, 2.24) is 4.90 Å². The first-order valence-electron chi connectivity index (χ1n) is 5.87. The standard InChI is InChI=1S/C13H16ClF2N/c14-9-12-7-4-8-17(12)10-13(15,16)11-5-2-1-3-6-11/h1-3,5-6,12H,4,7-10H2. The van der Waals surface area contributed by atoms with Crippen molar-refractivity contribution in [3.05, 3.63) is 35.9 Å². The fraction of sp³-hybridized carbons (Fsp3) is 0.538. The SMILES string of the molecule is FC(F)(CN1CCCC1CCl)c1ccccc1. The van der Waals surface area contributed by atoms with Crippen LogP contribution in [0.5, 0.6) is 0 Å². The average molecular weight is 260 g/mol. The summed E-state index contributed by atoms with van der Waals surface area (Å²) in [5.41, 5.74) is 0.0835. The van der Waals surface area contributed by atoms with Crippen molar-refractivity contribution in [2.75, 3.05) is 19.0 Å². The van der Waals surface area contributed by atoms with Gasteiger partial charge in [-0.1, -0.05) is 30.3 Å². The highest BCUT2D eigenvalue weighted by Gasteiger charge is 2.37. The molecule has 0 amide bonds. The van der Waals surface area contributed by atoms with Gasteiger partial charge in [0.1, 0.15) is 0 Å². The zero-order valence-corrected chi connectivity index (χ0v) is 10.3. The Bertz CT molecular complexity index is 356. The molecular formula is C13H16ClF2N. The summed E-state index contributed by atoms with van der Waals surface area (Å²) in [6.45, 7) is 0.494. The van der Waals surface area contributed by atoms with Crippen LogP contribution in [-0.2, 0) is 5.92 Å². The minimum absolute atomic E-state index is 0.0835. The molecule has 94 valence electrons. The van der Waals surface area contributed by atoms with Crippen molar-refractivity contribution in [2.24, 2.45) is 0 Å². The van der Waals surface area contributed by atoms with Crippen molar-refractivity contribution < 1.29 is 8.78 Å². The lowest BCUT2D eigenvalue weighted by atomic mass is 10.1. The fourth-order valence-electron chi connectivity index (χ4n) is 2.31. The average Bonchev–Trinajstić information content (AvgIpc) is 2.77. The van der Waals surface area contributed by atoms with Crippen molar-refractivity contribution in [3.8, 4) is 0 Å². The van der Waals surface area contributed by atoms with Crippen LogP contribution in [0.2, 0.25) is 0 Å². The summed E-state index contributed by atoms with van der Waals surface area (Å²) in [7, 11) is 0. The molecule has 0 radical (unpaired) electrons. The molecule has 1 aromatic rings. The molecule has 1 aromatic carbocycles. The monoisotopic (exact) mass is 259 g/mol. The Hall–Kier alpha value is -0.670. The van der Waals surface area contributed by atoms with Gasteiger partial charge in [0.05, 0.1) is 6.54 Å². The Kier molecular flexibility index (Phi) is 4.00. The first-order valence-corrected chi connectivity index (χ1v) is 6.40. The molecule has 1 heterocycles. The van der Waals surface area contributed by atoms with E-state index in [4.69, 9.17) is 11.6 Å². The predicted molar refractivity (Wildman–Crippen MR) is 65.7 cm³/mol. The normalized spacial score (nSPS) is 21.9. The van der Waals surface area contributed by atoms with E-state index in [1.165, 1.54) is 12.1 Å². The van der Waals surface area contributed by atoms with Gasteiger partial charge in [-0.15, -0.1) is 11.6 Å². The molecule has 2 rings (SSSR count). The number of nitrogens with zero attached hydrogens (tertiary/aromatic N) is 1. The van der Waals surface area contributed by atoms with Gasteiger partial charge in [-0.3, -0.25) is 4.90 Å². The van der Waals surface area contributed by atoms with E-state index in [9.17, 15) is 8.78 Å². The lowest BCUT2D eigenvalue weighted by Crippen LogP contribution is -2.39. The molecule has 0 saturated carbocycles. The molecule has 1 aliphatic heterocycles. The van der Waals surface area contributed by atoms with E-state index in [1.54, 1.807) is 23.1 Å². The van der Waals surface area contributed by atoms with Crippen LogP contribution in [0.15, 0.2) is 30.3 Å². The van der Waals surface area contributed by atoms with Crippen LogP contribution in [0.4, 0.5) is 8.78 Å². The van der Waals surface area contributed by atoms with E-state index in [0.717, 1.165) is 19.4 Å². The van der Waals surface area contributed by atoms with Crippen LogP contribution in [-0.4, -0.2) is 29.9 Å². The Morgan fingerprint density at radius 1 is 1.29 bits per heavy atom. The van der Waals surface area contributed by atoms with Crippen molar-refractivity contribution in [3.63, 3.8) is 0 Å². The van der Waals surface area contributed by atoms with Gasteiger partial charge in [0, 0.05) is 17.5 Å². The third-order valence-corrected chi connectivity index (χ3v) is 3.63. The van der Waals surface area contributed by atoms with Gasteiger partial charge in [0.2, 0.25) is 0 Å². The summed E-state index contributed by atoms with van der Waals surface area (Å²) in [5, 5.41) is 0. The van der Waals surface area contributed by atoms with Crippen LogP contribution >= 0.6 is 11.6 Å². The molecule has 0 bridgehead atoms. The molecule has 1 unspecified atom stereocenters. The molecular weight excluding hydrogens is 244 g/mol. The van der Waals surface area contributed by atoms with E-state index in [2.05, 4.69) is 0 Å². The molecule has 17 heavy (non-hydrogen) atoms. The van der Waals surface area contributed by atoms with Crippen LogP contribution in [0.1, 0.15) is 18.4 Å². The third kappa shape index (κ3) is 2.96. The molecule has 0 aromatic heterocycles. The van der Waals surface area contributed by atoms with Crippen molar-refractivity contribution in [2.45, 2.75) is 24.8 Å². The number of hydrogen-bond acceptors (Lipinski definition) is 1. The second-order valence-electron chi connectivity index (χ2n) is 4.49. The number of halogens is 3. The van der Waals surface area contributed by atoms with Gasteiger partial charge in [-0.25, -0.2) is 0 Å². The molecule has 0 N–H and O–H groups in total. The zero-order chi connectivity index (χ0) is 12.3. The van der Waals surface area contributed by atoms with E-state index in [-0.39, 0.29) is 18.2 Å². The van der Waals surface area contributed by atoms with E-state index in [1.807, 2.05) is 0 Å². The Labute approximate surface area is 105 Å². The van der Waals surface area contributed by atoms with Crippen LogP contribution in [0.3, 0.4) is 0 Å². The van der Waals surface area contributed by atoms with E-state index in [0.29, 0.717) is 5.88 Å². The first kappa shape index (κ1) is 12.8. The lowest BCUT2D eigenvalue weighted by molar-refractivity contribution is -0.0392. The highest BCUT2D eigenvalue weighted by molar-refractivity contribution is 6.18. The van der Waals surface area contributed by atoms with E-state index >= 15 is 0 Å². The van der Waals surface area contributed by atoms with Gasteiger partial charge in [-0.2, -0.15) is 8.78 Å². The van der Waals surface area contributed by atoms with Crippen molar-refractivity contribution >= 4 is 11.6 Å². The highest BCUT2D eigenvalue weighted by Crippen LogP contribution is 2.31. The quantitative estimate of drug-likeness (QED) is 0.749. The summed E-state index contributed by atoms with van der Waals surface area (Å²) in [5.74, 6) is -2.36. The van der Waals surface area contributed by atoms with Gasteiger partial charge in [0.15, 0.2) is 0 Å². The minimum atomic E-state index is -2.80. The summed E-state index contributed by atoms with van der Waals surface area (Å²) in [6, 6.07) is 8.10. The molecule has 0 spiro atoms. The second-order valence-corrected chi connectivity index (χ2v) is 4.80. The molecule has 1 atom stereocenters. The van der Waals surface area contributed by atoms with E-state index < -0.39 is 5.92 Å². The van der Waals surface area contributed by atoms with Gasteiger partial charge in [-0.05, 0) is 19.4 Å². The molecule has 4 heteroatoms. The number of likely N-dealkylation sites (tertiary alicyclic amines) is 1. The van der Waals surface area contributed by atoms with Crippen LogP contribution in [0, 0.1) is 0 Å². The lowest BCUT2D eigenvalue weighted by Gasteiger charge is -2.27. The first-order chi connectivity index (χ1) is 8.13. The summed E-state index contributed by atoms with van der Waals surface area (Å²) in [6.07, 6.45) is 1.89. The minimum Gasteiger partial charge on any atom is -0.293 e. The van der Waals surface area contributed by atoms with Gasteiger partial charge < -0.3 is 0 Å². The maximum absolute atomic E-state index is 14.0. The van der Waals surface area contributed by atoms with Crippen molar-refractivity contribution in [1.29, 1.82) is 0 Å². The summed E-state index contributed by atoms with van der Waals surface area (Å²) >= 11 is 5.79. The maximum atomic E-state index is 14.0. The number of hydrogen-bond donors (Lipinski definition) is 0. The Balaban J connectivity index is 2.07. The number of benzene rings is 1. The number of rotatable bonds is 4. The largest absolute Gasteiger partial charge is 0.293 e. The molecule has 1 saturated heterocycles. The Morgan fingerprint density at radius 2 is 2.00 bits per heavy atom. The predicted octanol–water partition coefficient (Wildman–Crippen LogP) is 3.48. The third-order valence-electron chi connectivity index (χ3n) is 3.27. The fourth-order valence-corrected chi connectivity index (χ4v) is 2.66. The highest BCUT2D eigenvalue weighted by atomic mass is 35.5. The summed E-state index contributed by atoms with van der Waals surface area (Å²) in [4.78, 5) is 1.81.